The lowest BCUT2D eigenvalue weighted by Crippen LogP contribution is -2.14. The van der Waals surface area contributed by atoms with Crippen molar-refractivity contribution in [2.75, 3.05) is 5.73 Å². The molecule has 0 bridgehead atoms. The summed E-state index contributed by atoms with van der Waals surface area (Å²) in [7, 11) is 0. The van der Waals surface area contributed by atoms with Crippen LogP contribution >= 0.6 is 27.5 Å². The summed E-state index contributed by atoms with van der Waals surface area (Å²) >= 11 is 9.77. The normalized spacial score (nSPS) is 12.0. The van der Waals surface area contributed by atoms with Crippen LogP contribution < -0.4 is 11.5 Å². The van der Waals surface area contributed by atoms with Gasteiger partial charge in [-0.3, -0.25) is 0 Å². The lowest BCUT2D eigenvalue weighted by atomic mass is 10.2. The van der Waals surface area contributed by atoms with Gasteiger partial charge in [0.2, 0.25) is 0 Å². The van der Waals surface area contributed by atoms with Gasteiger partial charge in [-0.2, -0.15) is 5.10 Å². The van der Waals surface area contributed by atoms with Gasteiger partial charge in [0.05, 0.1) is 28.0 Å². The number of aliphatic imine (C=N–C) groups is 1. The average Bonchev–Trinajstić information content (AvgIpc) is 2.83. The number of nitrogen functional groups attached to an aromatic ring is 1. The number of hydrogen-bond acceptors (Lipinski definition) is 3. The van der Waals surface area contributed by atoms with Crippen molar-refractivity contribution >= 4 is 50.3 Å². The van der Waals surface area contributed by atoms with Crippen molar-refractivity contribution in [1.29, 1.82) is 0 Å². The van der Waals surface area contributed by atoms with E-state index in [1.54, 1.807) is 35.0 Å². The summed E-state index contributed by atoms with van der Waals surface area (Å²) in [6, 6.07) is 8.97. The highest BCUT2D eigenvalue weighted by Crippen LogP contribution is 2.26. The highest BCUT2D eigenvalue weighted by atomic mass is 79.9. The van der Waals surface area contributed by atoms with Crippen LogP contribution in [-0.2, 0) is 0 Å². The Morgan fingerprint density at radius 1 is 1.29 bits per heavy atom. The first-order valence-corrected chi connectivity index (χ1v) is 7.24. The van der Waals surface area contributed by atoms with Crippen LogP contribution in [0, 0.1) is 0 Å². The minimum Gasteiger partial charge on any atom is -0.399 e. The fraction of sp³-hybridized carbons (Fsp3) is 0. The van der Waals surface area contributed by atoms with E-state index in [9.17, 15) is 0 Å². The zero-order valence-corrected chi connectivity index (χ0v) is 13.1. The Morgan fingerprint density at radius 2 is 2.00 bits per heavy atom. The van der Waals surface area contributed by atoms with Crippen LogP contribution in [0.5, 0.6) is 0 Å². The molecular weight excluding hydrogens is 354 g/mol. The molecule has 0 spiro atoms. The first-order chi connectivity index (χ1) is 10.0. The van der Waals surface area contributed by atoms with Gasteiger partial charge in [-0.25, -0.2) is 9.51 Å². The molecule has 3 aromatic rings. The van der Waals surface area contributed by atoms with Gasteiger partial charge >= 0.3 is 0 Å². The van der Waals surface area contributed by atoms with Gasteiger partial charge in [0.25, 0.3) is 0 Å². The third-order valence-electron chi connectivity index (χ3n) is 2.96. The van der Waals surface area contributed by atoms with Crippen molar-refractivity contribution in [3.8, 4) is 0 Å². The van der Waals surface area contributed by atoms with Crippen molar-refractivity contribution in [2.24, 2.45) is 10.7 Å². The van der Waals surface area contributed by atoms with Gasteiger partial charge < -0.3 is 11.5 Å². The van der Waals surface area contributed by atoms with Gasteiger partial charge in [-0.05, 0) is 46.3 Å². The molecule has 0 aliphatic rings. The molecule has 0 unspecified atom stereocenters. The molecule has 5 nitrogen and oxygen atoms in total. The molecule has 0 aliphatic heterocycles. The average molecular weight is 365 g/mol. The van der Waals surface area contributed by atoms with E-state index >= 15 is 0 Å². The van der Waals surface area contributed by atoms with Gasteiger partial charge in [-0.1, -0.05) is 11.6 Å². The van der Waals surface area contributed by atoms with E-state index < -0.39 is 0 Å². The fourth-order valence-electron chi connectivity index (χ4n) is 1.92. The minimum absolute atomic E-state index is 0.303. The summed E-state index contributed by atoms with van der Waals surface area (Å²) in [5.41, 5.74) is 14.4. The number of fused-ring (bicyclic) bond motifs is 1. The molecule has 0 radical (unpaired) electrons. The highest BCUT2D eigenvalue weighted by Gasteiger charge is 2.11. The fourth-order valence-corrected chi connectivity index (χ4v) is 2.62. The van der Waals surface area contributed by atoms with Crippen LogP contribution in [0.1, 0.15) is 5.56 Å². The van der Waals surface area contributed by atoms with Gasteiger partial charge in [0.15, 0.2) is 0 Å². The van der Waals surface area contributed by atoms with Crippen molar-refractivity contribution in [3.05, 3.63) is 57.8 Å². The molecular formula is C14H11BrClN5. The summed E-state index contributed by atoms with van der Waals surface area (Å²) in [6.07, 6.45) is 3.41. The highest BCUT2D eigenvalue weighted by molar-refractivity contribution is 9.10. The van der Waals surface area contributed by atoms with E-state index in [1.807, 2.05) is 12.3 Å². The first kappa shape index (κ1) is 13.9. The number of aromatic nitrogens is 2. The molecule has 106 valence electrons. The summed E-state index contributed by atoms with van der Waals surface area (Å²) in [6.45, 7) is 0. The maximum atomic E-state index is 6.38. The maximum absolute atomic E-state index is 6.38. The Labute approximate surface area is 134 Å². The predicted octanol–water partition coefficient (Wildman–Crippen LogP) is 3.37. The lowest BCUT2D eigenvalue weighted by Gasteiger charge is -2.05. The molecule has 0 amide bonds. The van der Waals surface area contributed by atoms with E-state index in [-0.39, 0.29) is 0 Å². The molecule has 2 heterocycles. The lowest BCUT2D eigenvalue weighted by molar-refractivity contribution is 0.937. The smallest absolute Gasteiger partial charge is 0.134 e. The Kier molecular flexibility index (Phi) is 3.57. The predicted molar refractivity (Wildman–Crippen MR) is 89.1 cm³/mol. The molecule has 0 saturated carbocycles. The number of rotatable bonds is 2. The van der Waals surface area contributed by atoms with E-state index in [0.29, 0.717) is 27.8 Å². The molecule has 0 aliphatic carbocycles. The monoisotopic (exact) mass is 363 g/mol. The molecule has 3 rings (SSSR count). The van der Waals surface area contributed by atoms with Crippen molar-refractivity contribution < 1.29 is 0 Å². The van der Waals surface area contributed by atoms with Gasteiger partial charge in [-0.15, -0.1) is 0 Å². The minimum atomic E-state index is 0.303. The standard InChI is InChI=1S/C14H11BrClN5/c15-8-5-12-13(16)11(6-19-21(12)7-8)14(18)20-10-3-1-9(17)2-4-10/h1-7H,17H2,(H2,18,20). The number of anilines is 1. The van der Waals surface area contributed by atoms with Crippen molar-refractivity contribution in [2.45, 2.75) is 0 Å². The summed E-state index contributed by atoms with van der Waals surface area (Å²) < 4.78 is 2.56. The van der Waals surface area contributed by atoms with E-state index in [1.165, 1.54) is 0 Å². The molecule has 1 aromatic carbocycles. The maximum Gasteiger partial charge on any atom is 0.134 e. The molecule has 2 aromatic heterocycles. The topological polar surface area (TPSA) is 81.7 Å². The molecule has 0 saturated heterocycles. The quantitative estimate of drug-likeness (QED) is 0.415. The number of benzene rings is 1. The van der Waals surface area contributed by atoms with Crippen LogP contribution in [-0.4, -0.2) is 15.4 Å². The Morgan fingerprint density at radius 3 is 2.71 bits per heavy atom. The number of hydrogen-bond donors (Lipinski definition) is 2. The van der Waals surface area contributed by atoms with Crippen molar-refractivity contribution in [1.82, 2.24) is 9.61 Å². The zero-order chi connectivity index (χ0) is 15.0. The second kappa shape index (κ2) is 5.38. The van der Waals surface area contributed by atoms with Crippen LogP contribution in [0.2, 0.25) is 5.02 Å². The third kappa shape index (κ3) is 2.72. The Bertz CT molecular complexity index is 838. The number of halogens is 2. The van der Waals surface area contributed by atoms with Crippen molar-refractivity contribution in [3.63, 3.8) is 0 Å². The Balaban J connectivity index is 2.06. The summed E-state index contributed by atoms with van der Waals surface area (Å²) in [5, 5.41) is 4.77. The zero-order valence-electron chi connectivity index (χ0n) is 10.8. The summed E-state index contributed by atoms with van der Waals surface area (Å²) in [5.74, 6) is 0.303. The molecule has 0 fully saturated rings. The van der Waals surface area contributed by atoms with Crippen LogP contribution in [0.15, 0.2) is 52.2 Å². The van der Waals surface area contributed by atoms with Crippen LogP contribution in [0.25, 0.3) is 5.52 Å². The van der Waals surface area contributed by atoms with Gasteiger partial charge in [0.1, 0.15) is 5.84 Å². The van der Waals surface area contributed by atoms with Crippen LogP contribution in [0.4, 0.5) is 11.4 Å². The molecule has 4 N–H and O–H groups in total. The SMILES string of the molecule is NC(=Nc1ccc(N)cc1)c1cnn2cc(Br)cc2c1Cl. The Hall–Kier alpha value is -2.05. The number of amidine groups is 1. The van der Waals surface area contributed by atoms with E-state index in [0.717, 1.165) is 9.99 Å². The van der Waals surface area contributed by atoms with Crippen LogP contribution in [0.3, 0.4) is 0 Å². The van der Waals surface area contributed by atoms with E-state index in [4.69, 9.17) is 23.1 Å². The molecule has 21 heavy (non-hydrogen) atoms. The third-order valence-corrected chi connectivity index (χ3v) is 3.79. The molecule has 7 heteroatoms. The number of nitrogens with zero attached hydrogens (tertiary/aromatic N) is 3. The number of nitrogens with two attached hydrogens (primary N) is 2. The second-order valence-electron chi connectivity index (χ2n) is 4.45. The second-order valence-corrected chi connectivity index (χ2v) is 5.74. The largest absolute Gasteiger partial charge is 0.399 e. The summed E-state index contributed by atoms with van der Waals surface area (Å²) in [4.78, 5) is 4.34. The first-order valence-electron chi connectivity index (χ1n) is 6.07. The van der Waals surface area contributed by atoms with E-state index in [2.05, 4.69) is 26.0 Å². The molecule has 0 atom stereocenters. The van der Waals surface area contributed by atoms with Gasteiger partial charge in [0, 0.05) is 16.4 Å².